The van der Waals surface area contributed by atoms with Crippen molar-refractivity contribution < 1.29 is 19.4 Å². The van der Waals surface area contributed by atoms with Gasteiger partial charge >= 0.3 is 12.0 Å². The summed E-state index contributed by atoms with van der Waals surface area (Å²) in [4.78, 5) is 25.4. The normalized spacial score (nSPS) is 32.7. The molecule has 2 fully saturated rings. The van der Waals surface area contributed by atoms with Crippen molar-refractivity contribution in [1.82, 2.24) is 10.2 Å². The fourth-order valence-electron chi connectivity index (χ4n) is 3.02. The lowest BCUT2D eigenvalue weighted by molar-refractivity contribution is -0.141. The van der Waals surface area contributed by atoms with Gasteiger partial charge in [0.25, 0.3) is 0 Å². The minimum Gasteiger partial charge on any atom is -0.480 e. The van der Waals surface area contributed by atoms with Gasteiger partial charge in [-0.25, -0.2) is 9.59 Å². The van der Waals surface area contributed by atoms with Crippen molar-refractivity contribution in [2.45, 2.75) is 56.7 Å². The number of nitrogens with zero attached hydrogens (tertiary/aromatic N) is 1. The number of rotatable bonds is 4. The van der Waals surface area contributed by atoms with Gasteiger partial charge in [0.05, 0.1) is 11.5 Å². The van der Waals surface area contributed by atoms with Crippen molar-refractivity contribution in [3.63, 3.8) is 0 Å². The molecule has 0 spiro atoms. The lowest BCUT2D eigenvalue weighted by Gasteiger charge is -2.31. The highest BCUT2D eigenvalue weighted by atomic mass is 32.2. The molecule has 1 aliphatic heterocycles. The number of amides is 2. The first kappa shape index (κ1) is 16.4. The summed E-state index contributed by atoms with van der Waals surface area (Å²) >= 11 is 1.55. The molecule has 1 saturated carbocycles. The average Bonchev–Trinajstić information content (AvgIpc) is 3.04. The van der Waals surface area contributed by atoms with Crippen LogP contribution in [0.2, 0.25) is 0 Å². The standard InChI is InChI=1S/C14H24N2O4S/c1-8(2)12-16(11(7-21-12)13(17)18)14(19)15-9-4-5-10(6-9)20-3/h8-12H,4-7H2,1-3H3,(H,15,19)(H,17,18). The molecule has 0 aromatic rings. The lowest BCUT2D eigenvalue weighted by atomic mass is 10.1. The van der Waals surface area contributed by atoms with Crippen molar-refractivity contribution in [3.05, 3.63) is 0 Å². The molecule has 7 heteroatoms. The maximum atomic E-state index is 12.5. The maximum Gasteiger partial charge on any atom is 0.327 e. The second-order valence-electron chi connectivity index (χ2n) is 6.05. The number of hydrogen-bond donors (Lipinski definition) is 2. The Morgan fingerprint density at radius 1 is 1.38 bits per heavy atom. The van der Waals surface area contributed by atoms with E-state index in [0.29, 0.717) is 5.75 Å². The highest BCUT2D eigenvalue weighted by molar-refractivity contribution is 8.00. The number of methoxy groups -OCH3 is 1. The molecule has 1 heterocycles. The van der Waals surface area contributed by atoms with Crippen molar-refractivity contribution in [2.24, 2.45) is 5.92 Å². The molecule has 1 saturated heterocycles. The molecule has 4 atom stereocenters. The first-order valence-electron chi connectivity index (χ1n) is 7.40. The van der Waals surface area contributed by atoms with Crippen LogP contribution in [-0.4, -0.2) is 58.4 Å². The van der Waals surface area contributed by atoms with E-state index in [0.717, 1.165) is 19.3 Å². The molecule has 21 heavy (non-hydrogen) atoms. The third kappa shape index (κ3) is 3.63. The van der Waals surface area contributed by atoms with Crippen molar-refractivity contribution >= 4 is 23.8 Å². The third-order valence-electron chi connectivity index (χ3n) is 4.17. The summed E-state index contributed by atoms with van der Waals surface area (Å²) in [7, 11) is 1.68. The molecule has 6 nitrogen and oxygen atoms in total. The van der Waals surface area contributed by atoms with Gasteiger partial charge in [0, 0.05) is 18.9 Å². The summed E-state index contributed by atoms with van der Waals surface area (Å²) in [6.07, 6.45) is 2.81. The van der Waals surface area contributed by atoms with Crippen LogP contribution in [0.3, 0.4) is 0 Å². The van der Waals surface area contributed by atoms with Crippen LogP contribution in [-0.2, 0) is 9.53 Å². The summed E-state index contributed by atoms with van der Waals surface area (Å²) in [5.41, 5.74) is 0. The molecule has 0 bridgehead atoms. The quantitative estimate of drug-likeness (QED) is 0.826. The van der Waals surface area contributed by atoms with E-state index in [2.05, 4.69) is 5.32 Å². The zero-order valence-corrected chi connectivity index (χ0v) is 13.6. The van der Waals surface area contributed by atoms with Gasteiger partial charge in [-0.3, -0.25) is 4.90 Å². The van der Waals surface area contributed by atoms with E-state index in [-0.39, 0.29) is 29.5 Å². The van der Waals surface area contributed by atoms with E-state index < -0.39 is 12.0 Å². The van der Waals surface area contributed by atoms with Crippen LogP contribution >= 0.6 is 11.8 Å². The largest absolute Gasteiger partial charge is 0.480 e. The number of nitrogens with one attached hydrogen (secondary N) is 1. The van der Waals surface area contributed by atoms with Gasteiger partial charge in [0.15, 0.2) is 0 Å². The Morgan fingerprint density at radius 3 is 2.62 bits per heavy atom. The summed E-state index contributed by atoms with van der Waals surface area (Å²) in [6.45, 7) is 4.03. The highest BCUT2D eigenvalue weighted by Crippen LogP contribution is 2.34. The van der Waals surface area contributed by atoms with Gasteiger partial charge in [-0.1, -0.05) is 13.8 Å². The monoisotopic (exact) mass is 316 g/mol. The first-order valence-corrected chi connectivity index (χ1v) is 8.45. The number of carbonyl (C=O) groups excluding carboxylic acids is 1. The summed E-state index contributed by atoms with van der Waals surface area (Å²) in [6, 6.07) is -0.912. The average molecular weight is 316 g/mol. The van der Waals surface area contributed by atoms with Crippen LogP contribution in [0.1, 0.15) is 33.1 Å². The Labute approximate surface area is 129 Å². The summed E-state index contributed by atoms with van der Waals surface area (Å²) in [5, 5.41) is 12.2. The number of hydrogen-bond acceptors (Lipinski definition) is 4. The van der Waals surface area contributed by atoms with Crippen LogP contribution in [0.5, 0.6) is 0 Å². The van der Waals surface area contributed by atoms with E-state index >= 15 is 0 Å². The zero-order chi connectivity index (χ0) is 15.6. The topological polar surface area (TPSA) is 78.9 Å². The molecule has 0 radical (unpaired) electrons. The lowest BCUT2D eigenvalue weighted by Crippen LogP contribution is -2.53. The smallest absolute Gasteiger partial charge is 0.327 e. The van der Waals surface area contributed by atoms with Crippen LogP contribution < -0.4 is 5.32 Å². The van der Waals surface area contributed by atoms with Crippen molar-refractivity contribution in [3.8, 4) is 0 Å². The summed E-state index contributed by atoms with van der Waals surface area (Å²) < 4.78 is 5.30. The van der Waals surface area contributed by atoms with Gasteiger partial charge in [-0.2, -0.15) is 0 Å². The van der Waals surface area contributed by atoms with Crippen molar-refractivity contribution in [2.75, 3.05) is 12.9 Å². The second-order valence-corrected chi connectivity index (χ2v) is 7.20. The van der Waals surface area contributed by atoms with Gasteiger partial charge in [-0.15, -0.1) is 11.8 Å². The zero-order valence-electron chi connectivity index (χ0n) is 12.7. The molecule has 1 aliphatic carbocycles. The predicted molar refractivity (Wildman–Crippen MR) is 81.3 cm³/mol. The Bertz CT molecular complexity index is 404. The fraction of sp³-hybridized carbons (Fsp3) is 0.857. The van der Waals surface area contributed by atoms with E-state index in [1.807, 2.05) is 13.8 Å². The van der Waals surface area contributed by atoms with Crippen molar-refractivity contribution in [1.29, 1.82) is 0 Å². The van der Waals surface area contributed by atoms with E-state index in [1.165, 1.54) is 4.90 Å². The number of carboxylic acids is 1. The molecular formula is C14H24N2O4S. The van der Waals surface area contributed by atoms with Crippen LogP contribution in [0.4, 0.5) is 4.79 Å². The molecule has 4 unspecified atom stereocenters. The van der Waals surface area contributed by atoms with Gasteiger partial charge in [-0.05, 0) is 25.2 Å². The highest BCUT2D eigenvalue weighted by Gasteiger charge is 2.43. The minimum atomic E-state index is -0.929. The number of aliphatic carboxylic acids is 1. The van der Waals surface area contributed by atoms with Gasteiger partial charge < -0.3 is 15.2 Å². The molecule has 2 aliphatic rings. The molecule has 0 aromatic carbocycles. The number of carbonyl (C=O) groups is 2. The molecule has 2 rings (SSSR count). The molecular weight excluding hydrogens is 292 g/mol. The first-order chi connectivity index (χ1) is 9.93. The van der Waals surface area contributed by atoms with E-state index in [4.69, 9.17) is 4.74 Å². The number of carboxylic acid groups (broad SMARTS) is 1. The Hall–Kier alpha value is -0.950. The Kier molecular flexibility index (Phi) is 5.37. The number of ether oxygens (including phenoxy) is 1. The van der Waals surface area contributed by atoms with Crippen LogP contribution in [0.25, 0.3) is 0 Å². The summed E-state index contributed by atoms with van der Waals surface area (Å²) in [5.74, 6) is -0.251. The Balaban J connectivity index is 2.02. The predicted octanol–water partition coefficient (Wildman–Crippen LogP) is 1.75. The SMILES string of the molecule is COC1CCC(NC(=O)N2C(C(=O)O)CSC2C(C)C)C1. The second kappa shape index (κ2) is 6.87. The van der Waals surface area contributed by atoms with Crippen LogP contribution in [0, 0.1) is 5.92 Å². The van der Waals surface area contributed by atoms with E-state index in [1.54, 1.807) is 18.9 Å². The van der Waals surface area contributed by atoms with E-state index in [9.17, 15) is 14.7 Å². The maximum absolute atomic E-state index is 12.5. The molecule has 120 valence electrons. The van der Waals surface area contributed by atoms with Gasteiger partial charge in [0.1, 0.15) is 6.04 Å². The fourth-order valence-corrected chi connectivity index (χ4v) is 4.49. The third-order valence-corrected chi connectivity index (χ3v) is 5.79. The number of thioether (sulfide) groups is 1. The molecule has 2 amide bonds. The molecule has 2 N–H and O–H groups in total. The Morgan fingerprint density at radius 2 is 2.10 bits per heavy atom. The van der Waals surface area contributed by atoms with Gasteiger partial charge in [0.2, 0.25) is 0 Å². The number of urea groups is 1. The van der Waals surface area contributed by atoms with Crippen LogP contribution in [0.15, 0.2) is 0 Å². The minimum absolute atomic E-state index is 0.0780. The molecule has 0 aromatic heterocycles.